The fourth-order valence-corrected chi connectivity index (χ4v) is 6.55. The standard InChI is InChI=1S/C27H28F6N6O3S/c28-26(29,30)16-42-25-37-23(36-24(38-25)35-21-7-3-6-19(15-21)27(31,32)33)34-20-10-12-39(13-11-20)43(40,41)22-9-8-17-4-1-2-5-18(17)14-22/h3,6-9,14-15,20H,1-2,4-5,10-13,16H2,(H2,34,35,36,37,38). The Morgan fingerprint density at radius 1 is 0.884 bits per heavy atom. The molecule has 3 aromatic rings. The molecule has 2 aromatic carbocycles. The molecule has 2 aliphatic rings. The van der Waals surface area contributed by atoms with Crippen molar-refractivity contribution in [2.45, 2.75) is 61.8 Å². The van der Waals surface area contributed by atoms with E-state index in [2.05, 4.69) is 30.3 Å². The predicted octanol–water partition coefficient (Wildman–Crippen LogP) is 5.72. The van der Waals surface area contributed by atoms with Gasteiger partial charge >= 0.3 is 18.4 Å². The van der Waals surface area contributed by atoms with Crippen LogP contribution in [-0.2, 0) is 29.0 Å². The van der Waals surface area contributed by atoms with Crippen molar-refractivity contribution in [2.75, 3.05) is 30.3 Å². The third-order valence-electron chi connectivity index (χ3n) is 7.17. The lowest BCUT2D eigenvalue weighted by atomic mass is 9.92. The summed E-state index contributed by atoms with van der Waals surface area (Å²) in [4.78, 5) is 12.0. The van der Waals surface area contributed by atoms with Gasteiger partial charge in [0.25, 0.3) is 0 Å². The first kappa shape index (κ1) is 30.8. The van der Waals surface area contributed by atoms with Crippen LogP contribution in [0, 0.1) is 0 Å². The Bertz CT molecular complexity index is 1560. The summed E-state index contributed by atoms with van der Waals surface area (Å²) in [7, 11) is -3.73. The summed E-state index contributed by atoms with van der Waals surface area (Å²) < 4.78 is 110. The second kappa shape index (κ2) is 12.1. The quantitative estimate of drug-likeness (QED) is 0.305. The van der Waals surface area contributed by atoms with Gasteiger partial charge < -0.3 is 15.4 Å². The topological polar surface area (TPSA) is 109 Å². The molecule has 0 atom stereocenters. The van der Waals surface area contributed by atoms with Gasteiger partial charge in [0.2, 0.25) is 21.9 Å². The molecule has 9 nitrogen and oxygen atoms in total. The second-order valence-corrected chi connectivity index (χ2v) is 12.3. The van der Waals surface area contributed by atoms with E-state index in [1.807, 2.05) is 6.07 Å². The Labute approximate surface area is 243 Å². The van der Waals surface area contributed by atoms with Crippen molar-refractivity contribution in [3.05, 3.63) is 59.2 Å². The summed E-state index contributed by atoms with van der Waals surface area (Å²) in [6.45, 7) is -1.34. The molecule has 2 heterocycles. The number of rotatable bonds is 8. The second-order valence-electron chi connectivity index (χ2n) is 10.3. The van der Waals surface area contributed by atoms with Crippen LogP contribution in [0.1, 0.15) is 42.4 Å². The maximum absolute atomic E-state index is 13.3. The number of aryl methyl sites for hydroxylation is 2. The molecule has 232 valence electrons. The molecule has 16 heteroatoms. The molecule has 1 fully saturated rings. The first-order chi connectivity index (χ1) is 20.3. The molecule has 5 rings (SSSR count). The lowest BCUT2D eigenvalue weighted by molar-refractivity contribution is -0.154. The average molecular weight is 631 g/mol. The number of sulfonamides is 1. The molecule has 2 N–H and O–H groups in total. The normalized spacial score (nSPS) is 16.9. The largest absolute Gasteiger partial charge is 0.454 e. The van der Waals surface area contributed by atoms with Crippen molar-refractivity contribution < 1.29 is 39.5 Å². The number of fused-ring (bicyclic) bond motifs is 1. The number of halogens is 6. The SMILES string of the molecule is O=S(=O)(c1ccc2c(c1)CCCC2)N1CCC(Nc2nc(Nc3cccc(C(F)(F)F)c3)nc(OCC(F)(F)F)n2)CC1. The third-order valence-corrected chi connectivity index (χ3v) is 9.07. The summed E-state index contributed by atoms with van der Waals surface area (Å²) in [5.41, 5.74) is 1.22. The van der Waals surface area contributed by atoms with Gasteiger partial charge in [-0.25, -0.2) is 8.42 Å². The Hall–Kier alpha value is -3.66. The number of piperidine rings is 1. The molecule has 1 aromatic heterocycles. The van der Waals surface area contributed by atoms with Gasteiger partial charge in [-0.3, -0.25) is 0 Å². The Morgan fingerprint density at radius 2 is 1.58 bits per heavy atom. The highest BCUT2D eigenvalue weighted by Gasteiger charge is 2.32. The van der Waals surface area contributed by atoms with Crippen LogP contribution in [-0.4, -0.2) is 59.6 Å². The molecular formula is C27H28F6N6O3S. The van der Waals surface area contributed by atoms with Crippen molar-refractivity contribution in [1.29, 1.82) is 0 Å². The van der Waals surface area contributed by atoms with E-state index in [9.17, 15) is 34.8 Å². The van der Waals surface area contributed by atoms with Gasteiger partial charge in [-0.2, -0.15) is 45.6 Å². The minimum absolute atomic E-state index is 0.0607. The number of aromatic nitrogens is 3. The average Bonchev–Trinajstić information content (AvgIpc) is 2.95. The van der Waals surface area contributed by atoms with E-state index in [0.717, 1.165) is 49.4 Å². The fourth-order valence-electron chi connectivity index (χ4n) is 5.03. The Kier molecular flexibility index (Phi) is 8.70. The molecule has 0 spiro atoms. The smallest absolute Gasteiger partial charge is 0.422 e. The van der Waals surface area contributed by atoms with Crippen molar-refractivity contribution in [3.8, 4) is 6.01 Å². The highest BCUT2D eigenvalue weighted by molar-refractivity contribution is 7.89. The van der Waals surface area contributed by atoms with E-state index in [1.165, 1.54) is 15.9 Å². The van der Waals surface area contributed by atoms with Gasteiger partial charge in [0.1, 0.15) is 0 Å². The van der Waals surface area contributed by atoms with E-state index < -0.39 is 40.6 Å². The van der Waals surface area contributed by atoms with E-state index in [0.29, 0.717) is 12.8 Å². The van der Waals surface area contributed by atoms with Gasteiger partial charge in [0.05, 0.1) is 10.5 Å². The van der Waals surface area contributed by atoms with Crippen molar-refractivity contribution in [2.24, 2.45) is 0 Å². The molecule has 0 bridgehead atoms. The van der Waals surface area contributed by atoms with Crippen LogP contribution in [0.2, 0.25) is 0 Å². The summed E-state index contributed by atoms with van der Waals surface area (Å²) in [6.07, 6.45) is -4.75. The lowest BCUT2D eigenvalue weighted by Gasteiger charge is -2.32. The number of hydrogen-bond donors (Lipinski definition) is 2. The minimum Gasteiger partial charge on any atom is -0.454 e. The van der Waals surface area contributed by atoms with Crippen LogP contribution < -0.4 is 15.4 Å². The molecule has 1 saturated heterocycles. The fraction of sp³-hybridized carbons (Fsp3) is 0.444. The lowest BCUT2D eigenvalue weighted by Crippen LogP contribution is -2.42. The number of nitrogens with zero attached hydrogens (tertiary/aromatic N) is 4. The van der Waals surface area contributed by atoms with Gasteiger partial charge in [-0.15, -0.1) is 0 Å². The van der Waals surface area contributed by atoms with Crippen LogP contribution in [0.4, 0.5) is 43.9 Å². The van der Waals surface area contributed by atoms with E-state index >= 15 is 0 Å². The van der Waals surface area contributed by atoms with Gasteiger partial charge in [-0.1, -0.05) is 12.1 Å². The van der Waals surface area contributed by atoms with Crippen LogP contribution in [0.3, 0.4) is 0 Å². The van der Waals surface area contributed by atoms with Gasteiger partial charge in [-0.05, 0) is 80.0 Å². The zero-order chi connectivity index (χ0) is 30.8. The molecular weight excluding hydrogens is 602 g/mol. The number of alkyl halides is 6. The third kappa shape index (κ3) is 7.84. The minimum atomic E-state index is -4.69. The van der Waals surface area contributed by atoms with Crippen LogP contribution in [0.25, 0.3) is 0 Å². The summed E-state index contributed by atoms with van der Waals surface area (Å²) in [6, 6.07) is 8.33. The number of ether oxygens (including phenoxy) is 1. The molecule has 0 saturated carbocycles. The monoisotopic (exact) mass is 630 g/mol. The molecule has 0 radical (unpaired) electrons. The number of anilines is 3. The first-order valence-corrected chi connectivity index (χ1v) is 15.0. The van der Waals surface area contributed by atoms with Crippen LogP contribution in [0.5, 0.6) is 6.01 Å². The van der Waals surface area contributed by atoms with Crippen molar-refractivity contribution in [1.82, 2.24) is 19.3 Å². The van der Waals surface area contributed by atoms with Crippen molar-refractivity contribution in [3.63, 3.8) is 0 Å². The highest BCUT2D eigenvalue weighted by Crippen LogP contribution is 2.32. The van der Waals surface area contributed by atoms with Gasteiger partial charge in [0, 0.05) is 24.8 Å². The van der Waals surface area contributed by atoms with Crippen LogP contribution in [0.15, 0.2) is 47.4 Å². The van der Waals surface area contributed by atoms with E-state index in [-0.39, 0.29) is 41.6 Å². The highest BCUT2D eigenvalue weighted by atomic mass is 32.2. The maximum atomic E-state index is 13.3. The van der Waals surface area contributed by atoms with E-state index in [4.69, 9.17) is 0 Å². The molecule has 0 unspecified atom stereocenters. The van der Waals surface area contributed by atoms with Gasteiger partial charge in [0.15, 0.2) is 6.61 Å². The molecule has 1 aliphatic heterocycles. The van der Waals surface area contributed by atoms with Crippen LogP contribution >= 0.6 is 0 Å². The zero-order valence-electron chi connectivity index (χ0n) is 22.7. The maximum Gasteiger partial charge on any atom is 0.422 e. The Morgan fingerprint density at radius 3 is 2.28 bits per heavy atom. The number of hydrogen-bond acceptors (Lipinski definition) is 8. The number of benzene rings is 2. The molecule has 1 aliphatic carbocycles. The summed E-state index contributed by atoms with van der Waals surface area (Å²) >= 11 is 0. The zero-order valence-corrected chi connectivity index (χ0v) is 23.5. The van der Waals surface area contributed by atoms with E-state index in [1.54, 1.807) is 12.1 Å². The molecule has 0 amide bonds. The number of nitrogens with one attached hydrogen (secondary N) is 2. The summed E-state index contributed by atoms with van der Waals surface area (Å²) in [5.74, 6) is -0.529. The summed E-state index contributed by atoms with van der Waals surface area (Å²) in [5, 5.41) is 5.52. The van der Waals surface area contributed by atoms with Crippen molar-refractivity contribution >= 4 is 27.6 Å². The predicted molar refractivity (Wildman–Crippen MR) is 145 cm³/mol. The first-order valence-electron chi connectivity index (χ1n) is 13.5. The Balaban J connectivity index is 1.29. The molecule has 43 heavy (non-hydrogen) atoms.